The molecule has 4 rings (SSSR count). The maximum atomic E-state index is 12.9. The Labute approximate surface area is 162 Å². The number of anilines is 1. The molecule has 2 amide bonds. The van der Waals surface area contributed by atoms with Gasteiger partial charge in [-0.3, -0.25) is 9.59 Å². The molecule has 28 heavy (non-hydrogen) atoms. The number of imide groups is 1. The van der Waals surface area contributed by atoms with Crippen molar-refractivity contribution < 1.29 is 19.1 Å². The molecule has 0 fully saturated rings. The molecule has 1 heterocycles. The van der Waals surface area contributed by atoms with Gasteiger partial charge in [-0.1, -0.05) is 30.3 Å². The van der Waals surface area contributed by atoms with Crippen molar-refractivity contribution in [1.29, 1.82) is 0 Å². The standard InChI is InChI=1S/C23H17NO4/c1-14-6-5-8-17(12-14)28-23(27)16-10-11-18-19(13-16)22(26)24(21(18)25)20-9-4-3-7-15(20)2/h3-13H,1-2H3. The topological polar surface area (TPSA) is 63.7 Å². The fraction of sp³-hybridized carbons (Fsp3) is 0.0870. The van der Waals surface area contributed by atoms with E-state index in [1.165, 1.54) is 18.2 Å². The number of benzene rings is 3. The lowest BCUT2D eigenvalue weighted by Gasteiger charge is -2.16. The van der Waals surface area contributed by atoms with E-state index < -0.39 is 17.8 Å². The van der Waals surface area contributed by atoms with E-state index in [0.29, 0.717) is 11.4 Å². The van der Waals surface area contributed by atoms with E-state index in [1.807, 2.05) is 32.0 Å². The molecule has 0 saturated carbocycles. The number of fused-ring (bicyclic) bond motifs is 1. The summed E-state index contributed by atoms with van der Waals surface area (Å²) in [6.07, 6.45) is 0. The number of hydrogen-bond acceptors (Lipinski definition) is 4. The molecule has 5 nitrogen and oxygen atoms in total. The highest BCUT2D eigenvalue weighted by atomic mass is 16.5. The van der Waals surface area contributed by atoms with Gasteiger partial charge in [0.1, 0.15) is 5.75 Å². The quantitative estimate of drug-likeness (QED) is 0.391. The molecule has 0 spiro atoms. The Kier molecular flexibility index (Phi) is 4.28. The third-order valence-corrected chi connectivity index (χ3v) is 4.68. The largest absolute Gasteiger partial charge is 0.423 e. The van der Waals surface area contributed by atoms with Crippen LogP contribution in [0.2, 0.25) is 0 Å². The third-order valence-electron chi connectivity index (χ3n) is 4.68. The van der Waals surface area contributed by atoms with Crippen molar-refractivity contribution in [2.24, 2.45) is 0 Å². The van der Waals surface area contributed by atoms with Crippen molar-refractivity contribution in [3.8, 4) is 5.75 Å². The van der Waals surface area contributed by atoms with Gasteiger partial charge in [0, 0.05) is 0 Å². The Morgan fingerprint density at radius 2 is 1.57 bits per heavy atom. The zero-order valence-electron chi connectivity index (χ0n) is 15.4. The smallest absolute Gasteiger partial charge is 0.343 e. The molecule has 0 N–H and O–H groups in total. The summed E-state index contributed by atoms with van der Waals surface area (Å²) in [6.45, 7) is 3.74. The van der Waals surface area contributed by atoms with Crippen molar-refractivity contribution in [3.63, 3.8) is 0 Å². The third kappa shape index (κ3) is 2.97. The molecule has 0 saturated heterocycles. The average Bonchev–Trinajstić information content (AvgIpc) is 2.92. The fourth-order valence-electron chi connectivity index (χ4n) is 3.25. The van der Waals surface area contributed by atoms with Crippen LogP contribution < -0.4 is 9.64 Å². The predicted molar refractivity (Wildman–Crippen MR) is 105 cm³/mol. The van der Waals surface area contributed by atoms with Crippen molar-refractivity contribution in [2.75, 3.05) is 4.90 Å². The number of aryl methyl sites for hydroxylation is 2. The SMILES string of the molecule is Cc1cccc(OC(=O)c2ccc3c(c2)C(=O)N(c2ccccc2C)C3=O)c1. The Morgan fingerprint density at radius 3 is 2.32 bits per heavy atom. The minimum absolute atomic E-state index is 0.201. The molecule has 1 aliphatic rings. The minimum Gasteiger partial charge on any atom is -0.423 e. The number of ether oxygens (including phenoxy) is 1. The Bertz CT molecular complexity index is 1130. The van der Waals surface area contributed by atoms with E-state index in [0.717, 1.165) is 16.0 Å². The van der Waals surface area contributed by atoms with E-state index >= 15 is 0 Å². The van der Waals surface area contributed by atoms with Gasteiger partial charge in [0.15, 0.2) is 0 Å². The minimum atomic E-state index is -0.581. The van der Waals surface area contributed by atoms with Crippen molar-refractivity contribution in [1.82, 2.24) is 0 Å². The zero-order chi connectivity index (χ0) is 19.8. The summed E-state index contributed by atoms with van der Waals surface area (Å²) >= 11 is 0. The van der Waals surface area contributed by atoms with Gasteiger partial charge in [0.05, 0.1) is 22.4 Å². The molecule has 3 aromatic rings. The van der Waals surface area contributed by atoms with Gasteiger partial charge in [-0.15, -0.1) is 0 Å². The maximum Gasteiger partial charge on any atom is 0.343 e. The first-order chi connectivity index (χ1) is 13.5. The first kappa shape index (κ1) is 17.7. The van der Waals surface area contributed by atoms with Crippen LogP contribution in [0.25, 0.3) is 0 Å². The molecule has 138 valence electrons. The van der Waals surface area contributed by atoms with Crippen LogP contribution in [0.15, 0.2) is 66.7 Å². The summed E-state index contributed by atoms with van der Waals surface area (Å²) < 4.78 is 5.38. The second-order valence-electron chi connectivity index (χ2n) is 6.70. The molecule has 0 bridgehead atoms. The van der Waals surface area contributed by atoms with Gasteiger partial charge in [0.2, 0.25) is 0 Å². The van der Waals surface area contributed by atoms with Crippen LogP contribution >= 0.6 is 0 Å². The summed E-state index contributed by atoms with van der Waals surface area (Å²) in [6, 6.07) is 18.7. The Balaban J connectivity index is 1.65. The predicted octanol–water partition coefficient (Wildman–Crippen LogP) is 4.32. The van der Waals surface area contributed by atoms with Crippen LogP contribution in [0.3, 0.4) is 0 Å². The van der Waals surface area contributed by atoms with Crippen LogP contribution in [0, 0.1) is 13.8 Å². The lowest BCUT2D eigenvalue weighted by Crippen LogP contribution is -2.29. The van der Waals surface area contributed by atoms with Crippen molar-refractivity contribution in [3.05, 3.63) is 94.5 Å². The van der Waals surface area contributed by atoms with Crippen LogP contribution in [-0.2, 0) is 0 Å². The Hall–Kier alpha value is -3.73. The first-order valence-electron chi connectivity index (χ1n) is 8.83. The number of carbonyl (C=O) groups excluding carboxylic acids is 3. The van der Waals surface area contributed by atoms with E-state index in [-0.39, 0.29) is 16.7 Å². The molecular formula is C23H17NO4. The van der Waals surface area contributed by atoms with Crippen molar-refractivity contribution in [2.45, 2.75) is 13.8 Å². The number of esters is 1. The van der Waals surface area contributed by atoms with E-state index in [4.69, 9.17) is 4.74 Å². The van der Waals surface area contributed by atoms with Crippen LogP contribution in [0.5, 0.6) is 5.75 Å². The van der Waals surface area contributed by atoms with Gasteiger partial charge in [-0.05, 0) is 61.4 Å². The van der Waals surface area contributed by atoms with Gasteiger partial charge in [-0.25, -0.2) is 9.69 Å². The maximum absolute atomic E-state index is 12.9. The number of para-hydroxylation sites is 1. The van der Waals surface area contributed by atoms with E-state index in [1.54, 1.807) is 30.3 Å². The number of rotatable bonds is 3. The Morgan fingerprint density at radius 1 is 0.821 bits per heavy atom. The van der Waals surface area contributed by atoms with Gasteiger partial charge < -0.3 is 4.74 Å². The highest BCUT2D eigenvalue weighted by molar-refractivity contribution is 6.34. The molecular weight excluding hydrogens is 354 g/mol. The van der Waals surface area contributed by atoms with E-state index in [9.17, 15) is 14.4 Å². The molecule has 0 aliphatic carbocycles. The molecule has 0 unspecified atom stereocenters. The monoisotopic (exact) mass is 371 g/mol. The molecule has 0 radical (unpaired) electrons. The summed E-state index contributed by atoms with van der Waals surface area (Å²) in [5.74, 6) is -0.996. The number of hydrogen-bond donors (Lipinski definition) is 0. The van der Waals surface area contributed by atoms with Gasteiger partial charge in [-0.2, -0.15) is 0 Å². The first-order valence-corrected chi connectivity index (χ1v) is 8.83. The van der Waals surface area contributed by atoms with Crippen LogP contribution in [0.4, 0.5) is 5.69 Å². The molecule has 3 aromatic carbocycles. The van der Waals surface area contributed by atoms with Crippen LogP contribution in [0.1, 0.15) is 42.2 Å². The molecule has 0 atom stereocenters. The van der Waals surface area contributed by atoms with Gasteiger partial charge >= 0.3 is 5.97 Å². The number of amides is 2. The second-order valence-corrected chi connectivity index (χ2v) is 6.70. The fourth-order valence-corrected chi connectivity index (χ4v) is 3.25. The van der Waals surface area contributed by atoms with Crippen molar-refractivity contribution >= 4 is 23.5 Å². The normalized spacial score (nSPS) is 12.9. The summed E-state index contributed by atoms with van der Waals surface area (Å²) in [5.41, 5.74) is 3.02. The lowest BCUT2D eigenvalue weighted by molar-refractivity contribution is 0.0734. The average molecular weight is 371 g/mol. The highest BCUT2D eigenvalue weighted by Crippen LogP contribution is 2.31. The molecule has 1 aliphatic heterocycles. The van der Waals surface area contributed by atoms with Crippen LogP contribution in [-0.4, -0.2) is 17.8 Å². The highest BCUT2D eigenvalue weighted by Gasteiger charge is 2.37. The summed E-state index contributed by atoms with van der Waals surface area (Å²) in [7, 11) is 0. The lowest BCUT2D eigenvalue weighted by atomic mass is 10.1. The molecule has 5 heteroatoms. The second kappa shape index (κ2) is 6.78. The van der Waals surface area contributed by atoms with E-state index in [2.05, 4.69) is 0 Å². The zero-order valence-corrected chi connectivity index (χ0v) is 15.4. The number of carbonyl (C=O) groups is 3. The molecule has 0 aromatic heterocycles. The number of nitrogens with zero attached hydrogens (tertiary/aromatic N) is 1. The van der Waals surface area contributed by atoms with Gasteiger partial charge in [0.25, 0.3) is 11.8 Å². The summed E-state index contributed by atoms with van der Waals surface area (Å²) in [5, 5.41) is 0. The summed E-state index contributed by atoms with van der Waals surface area (Å²) in [4.78, 5) is 39.3.